The Morgan fingerprint density at radius 2 is 1.88 bits per heavy atom. The van der Waals surface area contributed by atoms with Gasteiger partial charge in [-0.3, -0.25) is 4.79 Å². The van der Waals surface area contributed by atoms with E-state index in [-0.39, 0.29) is 11.7 Å². The molecule has 128 valence electrons. The Morgan fingerprint density at radius 3 is 2.56 bits per heavy atom. The Balaban J connectivity index is 1.51. The minimum absolute atomic E-state index is 0.212. The molecule has 0 fully saturated rings. The van der Waals surface area contributed by atoms with E-state index in [0.29, 0.717) is 34.6 Å². The first-order valence-electron chi connectivity index (χ1n) is 7.48. The first kappa shape index (κ1) is 17.3. The second-order valence-electron chi connectivity index (χ2n) is 5.15. The summed E-state index contributed by atoms with van der Waals surface area (Å²) in [6.45, 7) is 0.633. The van der Waals surface area contributed by atoms with Gasteiger partial charge in [-0.05, 0) is 48.4 Å². The standard InChI is InChI=1S/C17H14Cl2N4O2/c18-12-4-3-11(13(19)10-12)7-8-20-15-5-6-16(23-22-15)21-17(24)14-2-1-9-25-14/h1-6,9-10H,7-8H2,(H,20,22)(H,21,23,24). The molecular formula is C17H14Cl2N4O2. The molecule has 2 heterocycles. The van der Waals surface area contributed by atoms with Gasteiger partial charge in [-0.25, -0.2) is 0 Å². The first-order chi connectivity index (χ1) is 12.1. The molecule has 0 unspecified atom stereocenters. The Kier molecular flexibility index (Phi) is 5.53. The summed E-state index contributed by atoms with van der Waals surface area (Å²) in [5, 5.41) is 15.0. The number of rotatable bonds is 6. The van der Waals surface area contributed by atoms with Crippen molar-refractivity contribution in [2.24, 2.45) is 0 Å². The van der Waals surface area contributed by atoms with Crippen LogP contribution >= 0.6 is 23.2 Å². The van der Waals surface area contributed by atoms with Gasteiger partial charge in [0.25, 0.3) is 5.91 Å². The van der Waals surface area contributed by atoms with Crippen LogP contribution in [0.4, 0.5) is 11.6 Å². The highest BCUT2D eigenvalue weighted by Gasteiger charge is 2.09. The molecule has 2 N–H and O–H groups in total. The molecule has 0 bridgehead atoms. The fourth-order valence-corrected chi connectivity index (χ4v) is 2.63. The fourth-order valence-electron chi connectivity index (χ4n) is 2.13. The SMILES string of the molecule is O=C(Nc1ccc(NCCc2ccc(Cl)cc2Cl)nn1)c1ccco1. The number of hydrogen-bond donors (Lipinski definition) is 2. The van der Waals surface area contributed by atoms with Crippen molar-refractivity contribution in [1.82, 2.24) is 10.2 Å². The van der Waals surface area contributed by atoms with E-state index in [1.165, 1.54) is 6.26 Å². The molecular weight excluding hydrogens is 363 g/mol. The maximum Gasteiger partial charge on any atom is 0.292 e. The van der Waals surface area contributed by atoms with Gasteiger partial charge in [0.15, 0.2) is 11.6 Å². The van der Waals surface area contributed by atoms with Gasteiger partial charge in [-0.1, -0.05) is 29.3 Å². The summed E-state index contributed by atoms with van der Waals surface area (Å²) in [5.74, 6) is 0.773. The van der Waals surface area contributed by atoms with Gasteiger partial charge < -0.3 is 15.1 Å². The Labute approximate surface area is 154 Å². The van der Waals surface area contributed by atoms with Gasteiger partial charge in [0.05, 0.1) is 6.26 Å². The van der Waals surface area contributed by atoms with Crippen LogP contribution in [0.5, 0.6) is 0 Å². The molecule has 0 aliphatic rings. The zero-order chi connectivity index (χ0) is 17.6. The number of nitrogens with zero attached hydrogens (tertiary/aromatic N) is 2. The monoisotopic (exact) mass is 376 g/mol. The zero-order valence-electron chi connectivity index (χ0n) is 13.0. The van der Waals surface area contributed by atoms with Gasteiger partial charge in [-0.15, -0.1) is 10.2 Å². The van der Waals surface area contributed by atoms with Gasteiger partial charge >= 0.3 is 0 Å². The van der Waals surface area contributed by atoms with E-state index >= 15 is 0 Å². The third-order valence-electron chi connectivity index (χ3n) is 3.37. The summed E-state index contributed by atoms with van der Waals surface area (Å²) in [5.41, 5.74) is 0.994. The lowest BCUT2D eigenvalue weighted by Gasteiger charge is -2.07. The van der Waals surface area contributed by atoms with Crippen LogP contribution in [0.15, 0.2) is 53.1 Å². The molecule has 3 aromatic rings. The zero-order valence-corrected chi connectivity index (χ0v) is 14.5. The summed E-state index contributed by atoms with van der Waals surface area (Å²) in [4.78, 5) is 11.8. The number of amides is 1. The van der Waals surface area contributed by atoms with Crippen LogP contribution in [-0.4, -0.2) is 22.6 Å². The van der Waals surface area contributed by atoms with Crippen molar-refractivity contribution in [3.05, 3.63) is 70.1 Å². The topological polar surface area (TPSA) is 80.0 Å². The molecule has 3 rings (SSSR count). The van der Waals surface area contributed by atoms with E-state index in [0.717, 1.165) is 5.56 Å². The molecule has 0 aliphatic heterocycles. The average Bonchev–Trinajstić information content (AvgIpc) is 3.13. The molecule has 1 amide bonds. The second kappa shape index (κ2) is 8.00. The molecule has 25 heavy (non-hydrogen) atoms. The van der Waals surface area contributed by atoms with E-state index in [1.54, 1.807) is 36.4 Å². The first-order valence-corrected chi connectivity index (χ1v) is 8.24. The van der Waals surface area contributed by atoms with Gasteiger partial charge in [0.2, 0.25) is 0 Å². The van der Waals surface area contributed by atoms with Gasteiger partial charge in [0.1, 0.15) is 5.82 Å². The van der Waals surface area contributed by atoms with Crippen LogP contribution in [0.2, 0.25) is 10.0 Å². The number of aromatic nitrogens is 2. The van der Waals surface area contributed by atoms with Crippen LogP contribution in [0.25, 0.3) is 0 Å². The highest BCUT2D eigenvalue weighted by molar-refractivity contribution is 6.35. The molecule has 0 spiro atoms. The van der Waals surface area contributed by atoms with E-state index in [1.807, 2.05) is 6.07 Å². The predicted molar refractivity (Wildman–Crippen MR) is 97.3 cm³/mol. The minimum Gasteiger partial charge on any atom is -0.459 e. The molecule has 0 saturated carbocycles. The molecule has 6 nitrogen and oxygen atoms in total. The van der Waals surface area contributed by atoms with E-state index in [4.69, 9.17) is 27.6 Å². The number of carbonyl (C=O) groups excluding carboxylic acids is 1. The normalized spacial score (nSPS) is 10.5. The summed E-state index contributed by atoms with van der Waals surface area (Å²) < 4.78 is 5.01. The van der Waals surface area contributed by atoms with Crippen molar-refractivity contribution in [3.8, 4) is 0 Å². The summed E-state index contributed by atoms with van der Waals surface area (Å²) in [7, 11) is 0. The van der Waals surface area contributed by atoms with Crippen LogP contribution in [-0.2, 0) is 6.42 Å². The second-order valence-corrected chi connectivity index (χ2v) is 5.99. The number of anilines is 2. The summed E-state index contributed by atoms with van der Waals surface area (Å²) in [6.07, 6.45) is 2.15. The van der Waals surface area contributed by atoms with Gasteiger partial charge in [-0.2, -0.15) is 0 Å². The van der Waals surface area contributed by atoms with E-state index in [9.17, 15) is 4.79 Å². The van der Waals surface area contributed by atoms with Crippen molar-refractivity contribution in [3.63, 3.8) is 0 Å². The molecule has 0 atom stereocenters. The number of furan rings is 1. The van der Waals surface area contributed by atoms with Crippen LogP contribution < -0.4 is 10.6 Å². The Hall–Kier alpha value is -2.57. The quantitative estimate of drug-likeness (QED) is 0.670. The lowest BCUT2D eigenvalue weighted by atomic mass is 10.1. The number of hydrogen-bond acceptors (Lipinski definition) is 5. The minimum atomic E-state index is -0.377. The van der Waals surface area contributed by atoms with Crippen molar-refractivity contribution < 1.29 is 9.21 Å². The van der Waals surface area contributed by atoms with Crippen molar-refractivity contribution in [2.45, 2.75) is 6.42 Å². The third kappa shape index (κ3) is 4.71. The molecule has 0 saturated heterocycles. The fraction of sp³-hybridized carbons (Fsp3) is 0.118. The Bertz CT molecular complexity index is 852. The number of benzene rings is 1. The van der Waals surface area contributed by atoms with E-state index < -0.39 is 0 Å². The average molecular weight is 377 g/mol. The smallest absolute Gasteiger partial charge is 0.292 e. The molecule has 2 aromatic heterocycles. The summed E-state index contributed by atoms with van der Waals surface area (Å²) in [6, 6.07) is 12.0. The largest absolute Gasteiger partial charge is 0.459 e. The molecule has 1 aromatic carbocycles. The molecule has 0 radical (unpaired) electrons. The molecule has 0 aliphatic carbocycles. The molecule has 8 heteroatoms. The maximum absolute atomic E-state index is 11.8. The lowest BCUT2D eigenvalue weighted by Crippen LogP contribution is -2.13. The third-order valence-corrected chi connectivity index (χ3v) is 3.95. The predicted octanol–water partition coefficient (Wildman–Crippen LogP) is 4.28. The van der Waals surface area contributed by atoms with Gasteiger partial charge in [0, 0.05) is 16.6 Å². The number of carbonyl (C=O) groups is 1. The van der Waals surface area contributed by atoms with Crippen molar-refractivity contribution in [2.75, 3.05) is 17.2 Å². The van der Waals surface area contributed by atoms with Crippen molar-refractivity contribution in [1.29, 1.82) is 0 Å². The Morgan fingerprint density at radius 1 is 1.08 bits per heavy atom. The lowest BCUT2D eigenvalue weighted by molar-refractivity contribution is 0.0996. The highest BCUT2D eigenvalue weighted by atomic mass is 35.5. The van der Waals surface area contributed by atoms with Crippen LogP contribution in [0, 0.1) is 0 Å². The van der Waals surface area contributed by atoms with E-state index in [2.05, 4.69) is 20.8 Å². The summed E-state index contributed by atoms with van der Waals surface area (Å²) >= 11 is 12.0. The van der Waals surface area contributed by atoms with Crippen molar-refractivity contribution >= 4 is 40.7 Å². The van der Waals surface area contributed by atoms with Crippen LogP contribution in [0.3, 0.4) is 0 Å². The highest BCUT2D eigenvalue weighted by Crippen LogP contribution is 2.21. The maximum atomic E-state index is 11.8. The number of halogens is 2. The number of nitrogens with one attached hydrogen (secondary N) is 2. The van der Waals surface area contributed by atoms with Crippen LogP contribution in [0.1, 0.15) is 16.1 Å².